The van der Waals surface area contributed by atoms with Gasteiger partial charge in [0.2, 0.25) is 0 Å². The van der Waals surface area contributed by atoms with Crippen LogP contribution in [0.3, 0.4) is 0 Å². The number of thioether (sulfide) groups is 1. The van der Waals surface area contributed by atoms with Crippen LogP contribution in [0.2, 0.25) is 0 Å². The molecule has 20 heavy (non-hydrogen) atoms. The molecule has 3 atom stereocenters. The maximum Gasteiger partial charge on any atom is 0.271 e. The smallest absolute Gasteiger partial charge is 0.271 e. The van der Waals surface area contributed by atoms with Crippen LogP contribution in [-0.4, -0.2) is 51.0 Å². The van der Waals surface area contributed by atoms with Gasteiger partial charge in [-0.05, 0) is 38.9 Å². The van der Waals surface area contributed by atoms with E-state index in [1.807, 2.05) is 18.7 Å². The fourth-order valence-electron chi connectivity index (χ4n) is 2.29. The number of rotatable bonds is 7. The van der Waals surface area contributed by atoms with Gasteiger partial charge in [-0.2, -0.15) is 0 Å². The molecule has 2 heterocycles. The maximum atomic E-state index is 6.01. The Balaban J connectivity index is 2.07. The van der Waals surface area contributed by atoms with E-state index >= 15 is 0 Å². The molecule has 114 valence electrons. The zero-order valence-electron chi connectivity index (χ0n) is 12.5. The number of nitrogens with zero attached hydrogens (tertiary/aromatic N) is 1. The fourth-order valence-corrected chi connectivity index (χ4v) is 5.04. The normalized spacial score (nSPS) is 23.9. The van der Waals surface area contributed by atoms with Gasteiger partial charge in [0.15, 0.2) is 0 Å². The summed E-state index contributed by atoms with van der Waals surface area (Å²) in [5, 5.41) is 2.68. The molecule has 0 aromatic carbocycles. The minimum atomic E-state index is -0.583. The van der Waals surface area contributed by atoms with Crippen LogP contribution < -0.4 is 0 Å². The fraction of sp³-hybridized carbons (Fsp3) is 0.714. The summed E-state index contributed by atoms with van der Waals surface area (Å²) in [6, 6.07) is 2.15. The first-order chi connectivity index (χ1) is 9.63. The van der Waals surface area contributed by atoms with Gasteiger partial charge >= 0.3 is 0 Å². The number of fused-ring (bicyclic) bond motifs is 1. The topological polar surface area (TPSA) is 30.9 Å². The number of thiophene rings is 1. The second kappa shape index (κ2) is 7.77. The van der Waals surface area contributed by atoms with E-state index < -0.39 is 6.48 Å². The molecule has 1 aliphatic heterocycles. The Morgan fingerprint density at radius 3 is 2.90 bits per heavy atom. The predicted molar refractivity (Wildman–Crippen MR) is 83.4 cm³/mol. The molecule has 0 amide bonds. The van der Waals surface area contributed by atoms with Gasteiger partial charge in [-0.3, -0.25) is 0 Å². The molecule has 1 aliphatic rings. The monoisotopic (exact) mass is 317 g/mol. The van der Waals surface area contributed by atoms with E-state index in [4.69, 9.17) is 14.2 Å². The average molecular weight is 317 g/mol. The van der Waals surface area contributed by atoms with Crippen molar-refractivity contribution in [2.24, 2.45) is 0 Å². The Labute approximate surface area is 129 Å². The molecular weight excluding hydrogens is 294 g/mol. The van der Waals surface area contributed by atoms with E-state index in [1.165, 1.54) is 9.77 Å². The summed E-state index contributed by atoms with van der Waals surface area (Å²) in [6.45, 7) is 2.99. The number of methoxy groups -OCH3 is 1. The van der Waals surface area contributed by atoms with Gasteiger partial charge in [-0.1, -0.05) is 0 Å². The van der Waals surface area contributed by atoms with E-state index in [1.54, 1.807) is 18.4 Å². The molecule has 4 nitrogen and oxygen atoms in total. The summed E-state index contributed by atoms with van der Waals surface area (Å²) in [4.78, 5) is 2.23. The number of hydrogen-bond acceptors (Lipinski definition) is 6. The van der Waals surface area contributed by atoms with Crippen molar-refractivity contribution in [2.75, 3.05) is 34.4 Å². The molecule has 0 saturated carbocycles. The van der Waals surface area contributed by atoms with Crippen LogP contribution in [0.4, 0.5) is 0 Å². The summed E-state index contributed by atoms with van der Waals surface area (Å²) >= 11 is 3.75. The van der Waals surface area contributed by atoms with Gasteiger partial charge in [0.25, 0.3) is 6.48 Å². The van der Waals surface area contributed by atoms with E-state index in [-0.39, 0.29) is 6.10 Å². The Kier molecular flexibility index (Phi) is 6.32. The molecule has 1 aromatic rings. The van der Waals surface area contributed by atoms with Crippen molar-refractivity contribution < 1.29 is 14.2 Å². The average Bonchev–Trinajstić information content (AvgIpc) is 2.85. The second-order valence-electron chi connectivity index (χ2n) is 5.01. The Morgan fingerprint density at radius 1 is 1.45 bits per heavy atom. The van der Waals surface area contributed by atoms with Gasteiger partial charge in [-0.25, -0.2) is 0 Å². The van der Waals surface area contributed by atoms with E-state index in [2.05, 4.69) is 30.4 Å². The van der Waals surface area contributed by atoms with Gasteiger partial charge in [0.1, 0.15) is 0 Å². The van der Waals surface area contributed by atoms with Crippen molar-refractivity contribution in [3.63, 3.8) is 0 Å². The number of hydrogen-bond donors (Lipinski definition) is 0. The molecule has 0 saturated heterocycles. The van der Waals surface area contributed by atoms with Crippen molar-refractivity contribution in [2.45, 2.75) is 35.4 Å². The highest BCUT2D eigenvalue weighted by atomic mass is 32.2. The third-order valence-corrected chi connectivity index (χ3v) is 5.52. The van der Waals surface area contributed by atoms with Crippen LogP contribution in [0, 0.1) is 0 Å². The lowest BCUT2D eigenvalue weighted by molar-refractivity contribution is -0.295. The summed E-state index contributed by atoms with van der Waals surface area (Å²) in [6.07, 6.45) is 1.04. The highest BCUT2D eigenvalue weighted by molar-refractivity contribution is 8.01. The van der Waals surface area contributed by atoms with Crippen LogP contribution in [0.25, 0.3) is 0 Å². The molecule has 0 spiro atoms. The van der Waals surface area contributed by atoms with Crippen LogP contribution in [0.1, 0.15) is 25.0 Å². The van der Waals surface area contributed by atoms with E-state index in [0.717, 1.165) is 13.0 Å². The molecular formula is C14H23NO3S2. The molecule has 1 aromatic heterocycles. The largest absolute Gasteiger partial charge is 0.333 e. The number of ether oxygens (including phenoxy) is 3. The minimum absolute atomic E-state index is 0.0546. The van der Waals surface area contributed by atoms with E-state index in [0.29, 0.717) is 11.9 Å². The predicted octanol–water partition coefficient (Wildman–Crippen LogP) is 3.20. The van der Waals surface area contributed by atoms with Crippen LogP contribution in [0.5, 0.6) is 0 Å². The Bertz CT molecular complexity index is 411. The molecule has 0 aliphatic carbocycles. The SMILES string of the molecule is CCOC(OC)OC1CC(CN(C)C)Sc2sccc21. The Morgan fingerprint density at radius 2 is 2.25 bits per heavy atom. The van der Waals surface area contributed by atoms with Crippen LogP contribution in [0.15, 0.2) is 15.7 Å². The standard InChI is InChI=1S/C14H23NO3S2/c1-5-17-14(16-4)18-12-8-10(9-15(2)3)20-13-11(12)6-7-19-13/h6-7,10,12,14H,5,8-9H2,1-4H3. The summed E-state index contributed by atoms with van der Waals surface area (Å²) < 4.78 is 18.1. The first-order valence-corrected chi connectivity index (χ1v) is 8.58. The lowest BCUT2D eigenvalue weighted by atomic mass is 10.1. The van der Waals surface area contributed by atoms with Crippen molar-refractivity contribution >= 4 is 23.1 Å². The van der Waals surface area contributed by atoms with Crippen molar-refractivity contribution in [1.82, 2.24) is 4.90 Å². The van der Waals surface area contributed by atoms with Gasteiger partial charge in [0, 0.05) is 31.1 Å². The third kappa shape index (κ3) is 4.19. The third-order valence-electron chi connectivity index (χ3n) is 3.10. The lowest BCUT2D eigenvalue weighted by Gasteiger charge is -2.32. The quantitative estimate of drug-likeness (QED) is 0.721. The van der Waals surface area contributed by atoms with Crippen molar-refractivity contribution in [3.8, 4) is 0 Å². The Hall–Kier alpha value is -0.110. The molecule has 0 radical (unpaired) electrons. The zero-order chi connectivity index (χ0) is 14.5. The molecule has 0 bridgehead atoms. The van der Waals surface area contributed by atoms with Crippen LogP contribution in [-0.2, 0) is 14.2 Å². The van der Waals surface area contributed by atoms with Crippen molar-refractivity contribution in [1.29, 1.82) is 0 Å². The molecule has 6 heteroatoms. The summed E-state index contributed by atoms with van der Waals surface area (Å²) in [5.41, 5.74) is 1.27. The van der Waals surface area contributed by atoms with Gasteiger partial charge in [0.05, 0.1) is 10.3 Å². The highest BCUT2D eigenvalue weighted by Gasteiger charge is 2.31. The first-order valence-electron chi connectivity index (χ1n) is 6.82. The lowest BCUT2D eigenvalue weighted by Crippen LogP contribution is -2.30. The first kappa shape index (κ1) is 16.3. The van der Waals surface area contributed by atoms with Crippen LogP contribution >= 0.6 is 23.1 Å². The maximum absolute atomic E-state index is 6.01. The molecule has 0 fully saturated rings. The van der Waals surface area contributed by atoms with Gasteiger partial charge < -0.3 is 19.1 Å². The summed E-state index contributed by atoms with van der Waals surface area (Å²) in [7, 11) is 5.83. The second-order valence-corrected chi connectivity index (χ2v) is 7.49. The summed E-state index contributed by atoms with van der Waals surface area (Å²) in [5.74, 6) is 0. The highest BCUT2D eigenvalue weighted by Crippen LogP contribution is 2.46. The molecule has 3 unspecified atom stereocenters. The van der Waals surface area contributed by atoms with Gasteiger partial charge in [-0.15, -0.1) is 23.1 Å². The van der Waals surface area contributed by atoms with E-state index in [9.17, 15) is 0 Å². The van der Waals surface area contributed by atoms with Crippen molar-refractivity contribution in [3.05, 3.63) is 17.0 Å². The molecule has 2 rings (SSSR count). The molecule has 0 N–H and O–H groups in total. The zero-order valence-corrected chi connectivity index (χ0v) is 14.1. The minimum Gasteiger partial charge on any atom is -0.333 e.